The second kappa shape index (κ2) is 7.92. The first-order chi connectivity index (χ1) is 8.08. The highest BCUT2D eigenvalue weighted by Gasteiger charge is 2.24. The van der Waals surface area contributed by atoms with Gasteiger partial charge in [0.2, 0.25) is 0 Å². The van der Waals surface area contributed by atoms with Gasteiger partial charge in [-0.15, -0.1) is 0 Å². The van der Waals surface area contributed by atoms with Gasteiger partial charge in [-0.1, -0.05) is 94.1 Å². The van der Waals surface area contributed by atoms with E-state index in [4.69, 9.17) is 0 Å². The Balaban J connectivity index is 0.000000411. The van der Waals surface area contributed by atoms with E-state index < -0.39 is 6.47 Å². The van der Waals surface area contributed by atoms with Crippen LogP contribution in [0.15, 0.2) is 30.3 Å². The lowest BCUT2D eigenvalue weighted by Crippen LogP contribution is -2.23. The van der Waals surface area contributed by atoms with Gasteiger partial charge in [0.05, 0.1) is 4.32 Å². The minimum Gasteiger partial charge on any atom is -0.300 e. The van der Waals surface area contributed by atoms with Crippen LogP contribution in [-0.4, -0.2) is 18.5 Å². The first kappa shape index (κ1) is 18.5. The number of alkyl halides is 4. The van der Waals surface area contributed by atoms with Crippen LogP contribution in [0.2, 0.25) is 0 Å². The van der Waals surface area contributed by atoms with Crippen molar-refractivity contribution in [3.63, 3.8) is 0 Å². The van der Waals surface area contributed by atoms with Crippen LogP contribution in [0.3, 0.4) is 0 Å². The van der Waals surface area contributed by atoms with Crippen LogP contribution in [0, 0.1) is 0 Å². The number of rotatable bonds is 2. The van der Waals surface area contributed by atoms with Gasteiger partial charge in [-0.2, -0.15) is 0 Å². The SMILES string of the molecule is CC(C)(Br)C(=O)c1ccccc1.O=CC(Br)(Br)Br. The molecule has 100 valence electrons. The van der Waals surface area contributed by atoms with Gasteiger partial charge in [0.1, 0.15) is 0 Å². The maximum absolute atomic E-state index is 11.6. The smallest absolute Gasteiger partial charge is 0.189 e. The highest BCUT2D eigenvalue weighted by Crippen LogP contribution is 2.29. The molecule has 0 heterocycles. The fourth-order valence-electron chi connectivity index (χ4n) is 0.933. The molecule has 0 bridgehead atoms. The van der Waals surface area contributed by atoms with Crippen LogP contribution < -0.4 is 0 Å². The number of benzene rings is 1. The van der Waals surface area contributed by atoms with E-state index in [9.17, 15) is 9.59 Å². The lowest BCUT2D eigenvalue weighted by molar-refractivity contribution is -0.106. The van der Waals surface area contributed by atoms with E-state index in [2.05, 4.69) is 63.7 Å². The zero-order chi connectivity index (χ0) is 14.4. The molecule has 0 aromatic heterocycles. The molecule has 1 aromatic carbocycles. The molecule has 18 heavy (non-hydrogen) atoms. The summed E-state index contributed by atoms with van der Waals surface area (Å²) in [7, 11) is 0. The number of Topliss-reactive ketones (excluding diaryl/α,β-unsaturated/α-hetero) is 1. The van der Waals surface area contributed by atoms with E-state index in [1.54, 1.807) is 0 Å². The molecule has 0 fully saturated rings. The summed E-state index contributed by atoms with van der Waals surface area (Å²) < 4.78 is -1.17. The standard InChI is InChI=1S/C10H11BrO.C2HBr3O/c1-10(2,11)9(12)8-6-4-3-5-7-8;3-2(4,5)1-6/h3-7H,1-2H3;1H. The van der Waals surface area contributed by atoms with E-state index in [0.29, 0.717) is 6.29 Å². The maximum atomic E-state index is 11.6. The fourth-order valence-corrected chi connectivity index (χ4v) is 1.16. The number of aldehydes is 1. The van der Waals surface area contributed by atoms with Gasteiger partial charge >= 0.3 is 0 Å². The van der Waals surface area contributed by atoms with Crippen LogP contribution >= 0.6 is 63.7 Å². The molecule has 1 aromatic rings. The predicted molar refractivity (Wildman–Crippen MR) is 89.4 cm³/mol. The molecule has 0 unspecified atom stereocenters. The average Bonchev–Trinajstić information content (AvgIpc) is 2.28. The Morgan fingerprint density at radius 1 is 1.06 bits per heavy atom. The van der Waals surface area contributed by atoms with Crippen molar-refractivity contribution < 1.29 is 9.59 Å². The lowest BCUT2D eigenvalue weighted by Gasteiger charge is -2.13. The summed E-state index contributed by atoms with van der Waals surface area (Å²) in [5.74, 6) is 0.114. The quantitative estimate of drug-likeness (QED) is 0.318. The first-order valence-corrected chi connectivity index (χ1v) is 8.07. The molecule has 0 N–H and O–H groups in total. The molecule has 0 aliphatic rings. The Labute approximate surface area is 140 Å². The molecule has 0 aliphatic heterocycles. The van der Waals surface area contributed by atoms with Gasteiger partial charge in [-0.05, 0) is 13.8 Å². The van der Waals surface area contributed by atoms with Crippen molar-refractivity contribution in [1.29, 1.82) is 0 Å². The first-order valence-electron chi connectivity index (χ1n) is 4.90. The molecular weight excluding hydrogens is 496 g/mol. The van der Waals surface area contributed by atoms with E-state index >= 15 is 0 Å². The molecular formula is C12H12Br4O2. The number of halogens is 4. The number of hydrogen-bond donors (Lipinski definition) is 0. The van der Waals surface area contributed by atoms with Crippen LogP contribution in [0.5, 0.6) is 0 Å². The molecule has 0 atom stereocenters. The summed E-state index contributed by atoms with van der Waals surface area (Å²) in [6.45, 7) is 3.70. The van der Waals surface area contributed by atoms with Crippen molar-refractivity contribution >= 4 is 75.8 Å². The molecule has 0 radical (unpaired) electrons. The van der Waals surface area contributed by atoms with Crippen molar-refractivity contribution in [3.05, 3.63) is 35.9 Å². The summed E-state index contributed by atoms with van der Waals surface area (Å²) in [5.41, 5.74) is 0.749. The molecule has 6 heteroatoms. The Bertz CT molecular complexity index is 391. The third kappa shape index (κ3) is 8.56. The number of carbonyl (C=O) groups is 2. The monoisotopic (exact) mass is 504 g/mol. The normalized spacial score (nSPS) is 11.2. The third-order valence-corrected chi connectivity index (χ3v) is 2.63. The molecule has 0 spiro atoms. The number of ketones is 1. The van der Waals surface area contributed by atoms with Gasteiger partial charge in [0.25, 0.3) is 0 Å². The summed E-state index contributed by atoms with van der Waals surface area (Å²) in [6, 6.07) is 9.28. The Morgan fingerprint density at radius 3 is 1.72 bits per heavy atom. The summed E-state index contributed by atoms with van der Waals surface area (Å²) in [5, 5.41) is 0. The van der Waals surface area contributed by atoms with E-state index in [0.717, 1.165) is 5.56 Å². The van der Waals surface area contributed by atoms with Gasteiger partial charge < -0.3 is 0 Å². The molecule has 0 saturated carbocycles. The van der Waals surface area contributed by atoms with Crippen LogP contribution in [0.1, 0.15) is 24.2 Å². The zero-order valence-electron chi connectivity index (χ0n) is 9.79. The predicted octanol–water partition coefficient (Wildman–Crippen LogP) is 5.07. The second-order valence-corrected chi connectivity index (χ2v) is 12.8. The van der Waals surface area contributed by atoms with Crippen LogP contribution in [0.25, 0.3) is 0 Å². The van der Waals surface area contributed by atoms with Crippen LogP contribution in [-0.2, 0) is 4.79 Å². The molecule has 0 saturated heterocycles. The molecule has 1 rings (SSSR count). The number of carbonyl (C=O) groups excluding carboxylic acids is 2. The Hall–Kier alpha value is 0.480. The Kier molecular flexibility index (Phi) is 8.13. The fraction of sp³-hybridized carbons (Fsp3) is 0.333. The van der Waals surface area contributed by atoms with Crippen LogP contribution in [0.4, 0.5) is 0 Å². The topological polar surface area (TPSA) is 34.1 Å². The summed E-state index contributed by atoms with van der Waals surface area (Å²) in [6.07, 6.45) is 0.688. The lowest BCUT2D eigenvalue weighted by atomic mass is 10.0. The zero-order valence-corrected chi connectivity index (χ0v) is 16.1. The minimum atomic E-state index is -0.701. The minimum absolute atomic E-state index is 0.114. The highest BCUT2D eigenvalue weighted by atomic mass is 80.0. The molecule has 0 amide bonds. The van der Waals surface area contributed by atoms with E-state index in [1.807, 2.05) is 44.2 Å². The average molecular weight is 508 g/mol. The summed E-state index contributed by atoms with van der Waals surface area (Å²) in [4.78, 5) is 21.3. The van der Waals surface area contributed by atoms with Crippen molar-refractivity contribution in [1.82, 2.24) is 0 Å². The van der Waals surface area contributed by atoms with Crippen molar-refractivity contribution in [3.8, 4) is 0 Å². The largest absolute Gasteiger partial charge is 0.300 e. The molecule has 0 aliphatic carbocycles. The van der Waals surface area contributed by atoms with Gasteiger partial charge in [0.15, 0.2) is 14.2 Å². The number of hydrogen-bond acceptors (Lipinski definition) is 2. The maximum Gasteiger partial charge on any atom is 0.189 e. The molecule has 2 nitrogen and oxygen atoms in total. The third-order valence-electron chi connectivity index (χ3n) is 1.71. The summed E-state index contributed by atoms with van der Waals surface area (Å²) >= 11 is 12.2. The van der Waals surface area contributed by atoms with Gasteiger partial charge in [0, 0.05) is 5.56 Å². The van der Waals surface area contributed by atoms with E-state index in [-0.39, 0.29) is 5.78 Å². The van der Waals surface area contributed by atoms with Crippen molar-refractivity contribution in [2.45, 2.75) is 20.3 Å². The van der Waals surface area contributed by atoms with Gasteiger partial charge in [-0.25, -0.2) is 0 Å². The van der Waals surface area contributed by atoms with E-state index in [1.165, 1.54) is 0 Å². The van der Waals surface area contributed by atoms with Crippen molar-refractivity contribution in [2.75, 3.05) is 0 Å². The van der Waals surface area contributed by atoms with Crippen molar-refractivity contribution in [2.24, 2.45) is 0 Å². The second-order valence-electron chi connectivity index (χ2n) is 3.83. The van der Waals surface area contributed by atoms with Gasteiger partial charge in [-0.3, -0.25) is 9.59 Å². The highest BCUT2D eigenvalue weighted by molar-refractivity contribution is 9.40. The Morgan fingerprint density at radius 2 is 1.44 bits per heavy atom.